The Balaban J connectivity index is 2.93. The fourth-order valence-electron chi connectivity index (χ4n) is 1.76. The minimum absolute atomic E-state index is 0.549. The normalized spacial score (nSPS) is 10.5. The van der Waals surface area contributed by atoms with Crippen LogP contribution in [0.25, 0.3) is 10.9 Å². The molecule has 0 aliphatic heterocycles. The second-order valence-corrected chi connectivity index (χ2v) is 5.11. The van der Waals surface area contributed by atoms with Crippen molar-refractivity contribution in [1.29, 1.82) is 0 Å². The summed E-state index contributed by atoms with van der Waals surface area (Å²) >= 11 is 6.94. The molecule has 0 amide bonds. The van der Waals surface area contributed by atoms with E-state index in [2.05, 4.69) is 36.8 Å². The second kappa shape index (κ2) is 5.32. The van der Waals surface area contributed by atoms with E-state index in [1.807, 2.05) is 6.07 Å². The molecular weight excluding hydrogens is 366 g/mol. The van der Waals surface area contributed by atoms with Crippen molar-refractivity contribution in [3.63, 3.8) is 0 Å². The number of ether oxygens (including phenoxy) is 3. The first-order valence-corrected chi connectivity index (χ1v) is 6.65. The summed E-state index contributed by atoms with van der Waals surface area (Å²) in [6, 6.07) is 1.81. The molecule has 0 atom stereocenters. The quantitative estimate of drug-likeness (QED) is 0.817. The molecule has 0 aliphatic rings. The minimum Gasteiger partial charge on any atom is -0.493 e. The SMILES string of the molecule is COc1cc2ncc(Br)c(Br)c2c(OC)c1OC. The molecule has 6 heteroatoms. The third-order valence-electron chi connectivity index (χ3n) is 2.56. The number of nitrogens with zero attached hydrogens (tertiary/aromatic N) is 1. The highest BCUT2D eigenvalue weighted by atomic mass is 79.9. The number of fused-ring (bicyclic) bond motifs is 1. The molecule has 0 radical (unpaired) electrons. The Morgan fingerprint density at radius 2 is 1.67 bits per heavy atom. The predicted molar refractivity (Wildman–Crippen MR) is 76.8 cm³/mol. The van der Waals surface area contributed by atoms with Gasteiger partial charge in [0.15, 0.2) is 11.5 Å². The number of methoxy groups -OCH3 is 3. The number of benzene rings is 1. The number of pyridine rings is 1. The number of hydrogen-bond donors (Lipinski definition) is 0. The van der Waals surface area contributed by atoms with Crippen molar-refractivity contribution in [3.05, 3.63) is 21.2 Å². The Kier molecular flexibility index (Phi) is 3.97. The number of hydrogen-bond acceptors (Lipinski definition) is 4. The molecular formula is C12H11Br2NO3. The molecule has 0 saturated heterocycles. The molecule has 2 rings (SSSR count). The van der Waals surface area contributed by atoms with Crippen LogP contribution in [-0.2, 0) is 0 Å². The van der Waals surface area contributed by atoms with E-state index in [1.54, 1.807) is 27.5 Å². The molecule has 0 spiro atoms. The largest absolute Gasteiger partial charge is 0.493 e. The van der Waals surface area contributed by atoms with Gasteiger partial charge in [0.25, 0.3) is 0 Å². The topological polar surface area (TPSA) is 40.6 Å². The molecule has 1 aromatic carbocycles. The van der Waals surface area contributed by atoms with Gasteiger partial charge in [-0.15, -0.1) is 0 Å². The molecule has 4 nitrogen and oxygen atoms in total. The van der Waals surface area contributed by atoms with Crippen molar-refractivity contribution < 1.29 is 14.2 Å². The highest BCUT2D eigenvalue weighted by Gasteiger charge is 2.19. The van der Waals surface area contributed by atoms with Crippen LogP contribution < -0.4 is 14.2 Å². The van der Waals surface area contributed by atoms with E-state index < -0.39 is 0 Å². The summed E-state index contributed by atoms with van der Waals surface area (Å²) in [7, 11) is 4.74. The van der Waals surface area contributed by atoms with Crippen LogP contribution in [0.5, 0.6) is 17.2 Å². The molecule has 18 heavy (non-hydrogen) atoms. The second-order valence-electron chi connectivity index (χ2n) is 3.46. The third-order valence-corrected chi connectivity index (χ3v) is 4.51. The summed E-state index contributed by atoms with van der Waals surface area (Å²) in [4.78, 5) is 4.34. The molecule has 0 N–H and O–H groups in total. The van der Waals surface area contributed by atoms with Crippen molar-refractivity contribution in [1.82, 2.24) is 4.98 Å². The molecule has 0 aliphatic carbocycles. The molecule has 1 aromatic heterocycles. The van der Waals surface area contributed by atoms with Crippen molar-refractivity contribution in [2.75, 3.05) is 21.3 Å². The molecule has 0 saturated carbocycles. The summed E-state index contributed by atoms with van der Waals surface area (Å²) in [5.74, 6) is 1.73. The third kappa shape index (κ3) is 2.03. The molecule has 0 bridgehead atoms. The van der Waals surface area contributed by atoms with Crippen LogP contribution >= 0.6 is 31.9 Å². The lowest BCUT2D eigenvalue weighted by molar-refractivity contribution is 0.327. The van der Waals surface area contributed by atoms with Gasteiger partial charge >= 0.3 is 0 Å². The van der Waals surface area contributed by atoms with E-state index in [9.17, 15) is 0 Å². The van der Waals surface area contributed by atoms with E-state index in [0.29, 0.717) is 17.2 Å². The van der Waals surface area contributed by atoms with Gasteiger partial charge in [-0.2, -0.15) is 0 Å². The summed E-state index contributed by atoms with van der Waals surface area (Å²) in [5.41, 5.74) is 0.763. The first-order valence-electron chi connectivity index (χ1n) is 5.06. The van der Waals surface area contributed by atoms with Gasteiger partial charge in [0.1, 0.15) is 0 Å². The maximum absolute atomic E-state index is 5.43. The van der Waals surface area contributed by atoms with E-state index in [1.165, 1.54) is 0 Å². The van der Waals surface area contributed by atoms with Crippen molar-refractivity contribution >= 4 is 42.8 Å². The van der Waals surface area contributed by atoms with Crippen LogP contribution in [-0.4, -0.2) is 26.3 Å². The van der Waals surface area contributed by atoms with Gasteiger partial charge in [0.2, 0.25) is 5.75 Å². The lowest BCUT2D eigenvalue weighted by atomic mass is 10.1. The summed E-state index contributed by atoms with van der Waals surface area (Å²) in [5, 5.41) is 0.838. The van der Waals surface area contributed by atoms with E-state index >= 15 is 0 Å². The lowest BCUT2D eigenvalue weighted by Crippen LogP contribution is -1.97. The molecule has 0 unspecified atom stereocenters. The van der Waals surface area contributed by atoms with Crippen LogP contribution in [0.15, 0.2) is 21.2 Å². The first-order chi connectivity index (χ1) is 8.63. The average Bonchev–Trinajstić information content (AvgIpc) is 2.40. The maximum Gasteiger partial charge on any atom is 0.204 e. The van der Waals surface area contributed by atoms with Gasteiger partial charge in [-0.05, 0) is 31.9 Å². The summed E-state index contributed by atoms with van der Waals surface area (Å²) in [6.45, 7) is 0. The zero-order valence-corrected chi connectivity index (χ0v) is 13.3. The molecule has 0 fully saturated rings. The lowest BCUT2D eigenvalue weighted by Gasteiger charge is -2.15. The van der Waals surface area contributed by atoms with Gasteiger partial charge < -0.3 is 14.2 Å². The van der Waals surface area contributed by atoms with Gasteiger partial charge in [0, 0.05) is 16.7 Å². The van der Waals surface area contributed by atoms with Gasteiger partial charge in [0.05, 0.1) is 36.7 Å². The number of rotatable bonds is 3. The average molecular weight is 377 g/mol. The Morgan fingerprint density at radius 3 is 2.22 bits per heavy atom. The van der Waals surface area contributed by atoms with Crippen LogP contribution in [0.3, 0.4) is 0 Å². The van der Waals surface area contributed by atoms with Crippen molar-refractivity contribution in [2.24, 2.45) is 0 Å². The molecule has 2 aromatic rings. The van der Waals surface area contributed by atoms with Gasteiger partial charge in [-0.1, -0.05) is 0 Å². The van der Waals surface area contributed by atoms with Crippen LogP contribution in [0.1, 0.15) is 0 Å². The zero-order chi connectivity index (χ0) is 13.3. The van der Waals surface area contributed by atoms with Gasteiger partial charge in [-0.25, -0.2) is 0 Å². The van der Waals surface area contributed by atoms with E-state index in [0.717, 1.165) is 19.8 Å². The Hall–Kier alpha value is -1.01. The Morgan fingerprint density at radius 1 is 1.00 bits per heavy atom. The summed E-state index contributed by atoms with van der Waals surface area (Å²) in [6.07, 6.45) is 1.72. The smallest absolute Gasteiger partial charge is 0.204 e. The van der Waals surface area contributed by atoms with Crippen LogP contribution in [0.2, 0.25) is 0 Å². The fraction of sp³-hybridized carbons (Fsp3) is 0.250. The Labute approximate surface area is 122 Å². The number of aromatic nitrogens is 1. The standard InChI is InChI=1S/C12H11Br2NO3/c1-16-8-4-7-9(10(14)6(13)5-15-7)12(18-3)11(8)17-2/h4-5H,1-3H3. The predicted octanol–water partition coefficient (Wildman–Crippen LogP) is 3.79. The van der Waals surface area contributed by atoms with Crippen LogP contribution in [0.4, 0.5) is 0 Å². The summed E-state index contributed by atoms with van der Waals surface area (Å²) < 4.78 is 17.8. The van der Waals surface area contributed by atoms with Gasteiger partial charge in [-0.3, -0.25) is 4.98 Å². The zero-order valence-electron chi connectivity index (χ0n) is 10.1. The van der Waals surface area contributed by atoms with E-state index in [4.69, 9.17) is 14.2 Å². The Bertz CT molecular complexity index is 602. The van der Waals surface area contributed by atoms with E-state index in [-0.39, 0.29) is 0 Å². The molecule has 1 heterocycles. The molecule has 96 valence electrons. The van der Waals surface area contributed by atoms with Crippen molar-refractivity contribution in [3.8, 4) is 17.2 Å². The first kappa shape index (κ1) is 13.4. The number of halogens is 2. The monoisotopic (exact) mass is 375 g/mol. The minimum atomic E-state index is 0.549. The van der Waals surface area contributed by atoms with Crippen molar-refractivity contribution in [2.45, 2.75) is 0 Å². The highest BCUT2D eigenvalue weighted by molar-refractivity contribution is 9.13. The fourth-order valence-corrected chi connectivity index (χ4v) is 2.55. The highest BCUT2D eigenvalue weighted by Crippen LogP contribution is 2.46. The van der Waals surface area contributed by atoms with Crippen LogP contribution in [0, 0.1) is 0 Å². The maximum atomic E-state index is 5.43.